The number of rotatable bonds is 2. The van der Waals surface area contributed by atoms with Gasteiger partial charge in [0.2, 0.25) is 11.8 Å². The molecule has 0 unspecified atom stereocenters. The second-order valence-corrected chi connectivity index (χ2v) is 8.78. The summed E-state index contributed by atoms with van der Waals surface area (Å²) < 4.78 is 2.24. The number of amides is 2. The van der Waals surface area contributed by atoms with Gasteiger partial charge in [0.15, 0.2) is 0 Å². The van der Waals surface area contributed by atoms with Gasteiger partial charge in [0.25, 0.3) is 0 Å². The van der Waals surface area contributed by atoms with Gasteiger partial charge in [-0.05, 0) is 49.4 Å². The smallest absolute Gasteiger partial charge is 0.240 e. The lowest BCUT2D eigenvalue weighted by Crippen LogP contribution is -2.59. The Balaban J connectivity index is 1.43. The van der Waals surface area contributed by atoms with E-state index in [0.29, 0.717) is 24.9 Å². The highest BCUT2D eigenvalue weighted by atomic mass is 16.2. The Labute approximate surface area is 158 Å². The van der Waals surface area contributed by atoms with Crippen LogP contribution in [0.3, 0.4) is 0 Å². The van der Waals surface area contributed by atoms with Crippen molar-refractivity contribution in [2.75, 3.05) is 26.2 Å². The second kappa shape index (κ2) is 5.91. The molecule has 6 nitrogen and oxygen atoms in total. The van der Waals surface area contributed by atoms with Crippen molar-refractivity contribution in [3.05, 3.63) is 35.5 Å². The molecule has 2 amide bonds. The first-order valence-corrected chi connectivity index (χ1v) is 9.80. The molecule has 5 rings (SSSR count). The van der Waals surface area contributed by atoms with Crippen LogP contribution in [0.15, 0.2) is 24.4 Å². The Morgan fingerprint density at radius 1 is 1.22 bits per heavy atom. The lowest BCUT2D eigenvalue weighted by molar-refractivity contribution is -0.136. The number of fused-ring (bicyclic) bond motifs is 2. The fraction of sp³-hybridized carbons (Fsp3) is 0.524. The van der Waals surface area contributed by atoms with Gasteiger partial charge < -0.3 is 9.88 Å². The maximum absolute atomic E-state index is 11.7. The molecule has 27 heavy (non-hydrogen) atoms. The largest absolute Gasteiger partial charge is 0.350 e. The van der Waals surface area contributed by atoms with Crippen molar-refractivity contribution in [3.63, 3.8) is 0 Å². The summed E-state index contributed by atoms with van der Waals surface area (Å²) in [6.07, 6.45) is 4.41. The first-order chi connectivity index (χ1) is 12.9. The number of hydrogen-bond acceptors (Lipinski definition) is 4. The number of nitrogens with zero attached hydrogens (tertiary/aromatic N) is 2. The third kappa shape index (κ3) is 2.70. The predicted molar refractivity (Wildman–Crippen MR) is 103 cm³/mol. The molecule has 6 heteroatoms. The van der Waals surface area contributed by atoms with Crippen LogP contribution in [0.2, 0.25) is 0 Å². The Hall–Kier alpha value is -2.18. The third-order valence-electron chi connectivity index (χ3n) is 6.72. The zero-order chi connectivity index (χ0) is 18.8. The van der Waals surface area contributed by atoms with E-state index in [4.69, 9.17) is 0 Å². The van der Waals surface area contributed by atoms with Gasteiger partial charge in [-0.15, -0.1) is 0 Å². The molecular weight excluding hydrogens is 340 g/mol. The highest BCUT2D eigenvalue weighted by Gasteiger charge is 2.45. The summed E-state index contributed by atoms with van der Waals surface area (Å²) in [4.78, 5) is 25.4. The van der Waals surface area contributed by atoms with E-state index in [-0.39, 0.29) is 17.4 Å². The van der Waals surface area contributed by atoms with Crippen LogP contribution in [-0.2, 0) is 23.1 Å². The molecule has 2 N–H and O–H groups in total. The lowest BCUT2D eigenvalue weighted by atomic mass is 9.65. The topological polar surface area (TPSA) is 66.4 Å². The number of hydrogen-bond donors (Lipinski definition) is 2. The van der Waals surface area contributed by atoms with E-state index in [2.05, 4.69) is 53.6 Å². The van der Waals surface area contributed by atoms with E-state index in [1.54, 1.807) is 0 Å². The van der Waals surface area contributed by atoms with Crippen molar-refractivity contribution in [1.29, 1.82) is 0 Å². The molecule has 2 aliphatic heterocycles. The van der Waals surface area contributed by atoms with E-state index >= 15 is 0 Å². The summed E-state index contributed by atoms with van der Waals surface area (Å²) in [5.41, 5.74) is 4.26. The molecule has 2 saturated heterocycles. The van der Waals surface area contributed by atoms with Gasteiger partial charge in [0.1, 0.15) is 0 Å². The van der Waals surface area contributed by atoms with Gasteiger partial charge in [0.05, 0.1) is 13.1 Å². The summed E-state index contributed by atoms with van der Waals surface area (Å²) >= 11 is 0. The highest BCUT2D eigenvalue weighted by Crippen LogP contribution is 2.47. The molecule has 0 saturated carbocycles. The minimum Gasteiger partial charge on any atom is -0.350 e. The first kappa shape index (κ1) is 17.0. The SMILES string of the molecule is Cn1cc2c3c(cccc31)[C@H]1C[C@@H](CN3CC(=O)NC(=O)C3)CN[C@]1(C)C2. The van der Waals surface area contributed by atoms with Gasteiger partial charge in [-0.25, -0.2) is 0 Å². The van der Waals surface area contributed by atoms with Crippen molar-refractivity contribution in [3.8, 4) is 0 Å². The minimum absolute atomic E-state index is 0.0637. The number of aryl methyl sites for hydroxylation is 1. The van der Waals surface area contributed by atoms with Crippen LogP contribution < -0.4 is 10.6 Å². The number of aromatic nitrogens is 1. The molecule has 0 spiro atoms. The molecule has 0 radical (unpaired) electrons. The molecule has 1 aromatic heterocycles. The Morgan fingerprint density at radius 3 is 2.78 bits per heavy atom. The van der Waals surface area contributed by atoms with E-state index in [1.807, 2.05) is 4.90 Å². The van der Waals surface area contributed by atoms with Crippen molar-refractivity contribution < 1.29 is 9.59 Å². The van der Waals surface area contributed by atoms with E-state index in [9.17, 15) is 9.59 Å². The molecule has 0 bridgehead atoms. The third-order valence-corrected chi connectivity index (χ3v) is 6.72. The number of carbonyl (C=O) groups is 2. The minimum atomic E-state index is -0.184. The quantitative estimate of drug-likeness (QED) is 0.783. The highest BCUT2D eigenvalue weighted by molar-refractivity contribution is 5.99. The van der Waals surface area contributed by atoms with E-state index in [1.165, 1.54) is 22.0 Å². The summed E-state index contributed by atoms with van der Waals surface area (Å²) in [6, 6.07) is 6.66. The fourth-order valence-corrected chi connectivity index (χ4v) is 5.55. The molecular formula is C21H26N4O2. The Kier molecular flexibility index (Phi) is 3.71. The molecule has 2 fully saturated rings. The van der Waals surface area contributed by atoms with Crippen molar-refractivity contribution >= 4 is 22.7 Å². The summed E-state index contributed by atoms with van der Waals surface area (Å²) in [5, 5.41) is 7.65. The average Bonchev–Trinajstić information content (AvgIpc) is 2.92. The molecule has 1 aromatic carbocycles. The van der Waals surface area contributed by atoms with Crippen LogP contribution in [0, 0.1) is 5.92 Å². The van der Waals surface area contributed by atoms with Crippen LogP contribution >= 0.6 is 0 Å². The van der Waals surface area contributed by atoms with Crippen molar-refractivity contribution in [2.24, 2.45) is 13.0 Å². The number of nitrogens with one attached hydrogen (secondary N) is 2. The molecule has 3 aliphatic rings. The number of piperidine rings is 1. The van der Waals surface area contributed by atoms with Crippen molar-refractivity contribution in [2.45, 2.75) is 31.2 Å². The Bertz CT molecular complexity index is 933. The zero-order valence-corrected chi connectivity index (χ0v) is 15.9. The van der Waals surface area contributed by atoms with Crippen LogP contribution in [0.1, 0.15) is 30.4 Å². The fourth-order valence-electron chi connectivity index (χ4n) is 5.55. The van der Waals surface area contributed by atoms with Crippen LogP contribution in [0.25, 0.3) is 10.9 Å². The monoisotopic (exact) mass is 366 g/mol. The number of imide groups is 1. The molecule has 142 valence electrons. The zero-order valence-electron chi connectivity index (χ0n) is 15.9. The predicted octanol–water partition coefficient (Wildman–Crippen LogP) is 1.14. The van der Waals surface area contributed by atoms with Gasteiger partial charge >= 0.3 is 0 Å². The summed E-state index contributed by atoms with van der Waals surface area (Å²) in [6.45, 7) is 4.71. The average molecular weight is 366 g/mol. The van der Waals surface area contributed by atoms with Gasteiger partial charge in [0, 0.05) is 42.1 Å². The lowest BCUT2D eigenvalue weighted by Gasteiger charge is -2.49. The van der Waals surface area contributed by atoms with Crippen LogP contribution in [0.5, 0.6) is 0 Å². The van der Waals surface area contributed by atoms with Gasteiger partial charge in [-0.3, -0.25) is 19.8 Å². The van der Waals surface area contributed by atoms with Crippen LogP contribution in [0.4, 0.5) is 0 Å². The van der Waals surface area contributed by atoms with Gasteiger partial charge in [-0.2, -0.15) is 0 Å². The Morgan fingerprint density at radius 2 is 2.00 bits per heavy atom. The first-order valence-electron chi connectivity index (χ1n) is 9.80. The van der Waals surface area contributed by atoms with E-state index in [0.717, 1.165) is 25.9 Å². The standard InChI is InChI=1S/C21H26N4O2/c1-21-7-14-10-24(2)17-5-3-4-15(20(14)17)16(21)6-13(8-22-21)9-25-11-18(26)23-19(27)12-25/h3-5,10,13,16,22H,6-9,11-12H2,1-2H3,(H,23,26,27)/t13-,16-,21-/m1/s1. The molecule has 2 aromatic rings. The van der Waals surface area contributed by atoms with Crippen LogP contribution in [-0.4, -0.2) is 53.0 Å². The number of benzene rings is 1. The second-order valence-electron chi connectivity index (χ2n) is 8.78. The molecule has 3 atom stereocenters. The number of carbonyl (C=O) groups excluding carboxylic acids is 2. The maximum atomic E-state index is 11.7. The van der Waals surface area contributed by atoms with E-state index < -0.39 is 0 Å². The maximum Gasteiger partial charge on any atom is 0.240 e. The summed E-state index contributed by atoms with van der Waals surface area (Å²) in [5.74, 6) is 0.513. The van der Waals surface area contributed by atoms with Crippen molar-refractivity contribution in [1.82, 2.24) is 20.1 Å². The molecule has 3 heterocycles. The normalized spacial score (nSPS) is 31.0. The summed E-state index contributed by atoms with van der Waals surface area (Å²) in [7, 11) is 2.13. The molecule has 1 aliphatic carbocycles. The van der Waals surface area contributed by atoms with Gasteiger partial charge in [-0.1, -0.05) is 12.1 Å². The number of piperazine rings is 1.